The van der Waals surface area contributed by atoms with Crippen LogP contribution in [0.25, 0.3) is 0 Å². The van der Waals surface area contributed by atoms with E-state index in [1.807, 2.05) is 25.7 Å². The van der Waals surface area contributed by atoms with Gasteiger partial charge < -0.3 is 10.2 Å². The number of hydrogen-bond acceptors (Lipinski definition) is 3. The van der Waals surface area contributed by atoms with Crippen LogP contribution in [-0.2, 0) is 9.59 Å². The van der Waals surface area contributed by atoms with Crippen molar-refractivity contribution in [3.8, 4) is 0 Å². The summed E-state index contributed by atoms with van der Waals surface area (Å²) in [6.07, 6.45) is 5.76. The van der Waals surface area contributed by atoms with Crippen LogP contribution < -0.4 is 5.32 Å². The molecule has 1 saturated carbocycles. The van der Waals surface area contributed by atoms with Gasteiger partial charge in [-0.25, -0.2) is 0 Å². The Morgan fingerprint density at radius 2 is 2.00 bits per heavy atom. The lowest BCUT2D eigenvalue weighted by Crippen LogP contribution is -2.74. The molecule has 1 heterocycles. The van der Waals surface area contributed by atoms with E-state index in [1.54, 1.807) is 11.8 Å². The molecule has 1 saturated heterocycles. The molecule has 0 aromatic rings. The maximum absolute atomic E-state index is 12.9. The Morgan fingerprint density at radius 3 is 2.50 bits per heavy atom. The Balaban J connectivity index is 2.24. The molecule has 114 valence electrons. The predicted octanol–water partition coefficient (Wildman–Crippen LogP) is 2.04. The lowest BCUT2D eigenvalue weighted by Gasteiger charge is -2.50. The summed E-state index contributed by atoms with van der Waals surface area (Å²) in [6.45, 7) is 6.46. The van der Waals surface area contributed by atoms with Gasteiger partial charge in [0, 0.05) is 6.54 Å². The normalized spacial score (nSPS) is 34.3. The number of carbonyl (C=O) groups is 2. The molecular formula is C15H26N2O2S. The fraction of sp³-hybridized carbons (Fsp3) is 0.867. The first-order valence-corrected chi connectivity index (χ1v) is 8.93. The van der Waals surface area contributed by atoms with Crippen LogP contribution in [0.5, 0.6) is 0 Å². The highest BCUT2D eigenvalue weighted by molar-refractivity contribution is 7.98. The van der Waals surface area contributed by atoms with E-state index < -0.39 is 11.1 Å². The molecule has 1 aliphatic heterocycles. The SMILES string of the molecule is CCC1(C)C(=O)NC(C)(C2CC2)C(=O)N1CCCSC. The number of nitrogens with zero attached hydrogens (tertiary/aromatic N) is 1. The summed E-state index contributed by atoms with van der Waals surface area (Å²) < 4.78 is 0. The summed E-state index contributed by atoms with van der Waals surface area (Å²) in [5.41, 5.74) is -1.37. The number of carbonyl (C=O) groups excluding carboxylic acids is 2. The Bertz CT molecular complexity index is 411. The molecule has 4 nitrogen and oxygen atoms in total. The lowest BCUT2D eigenvalue weighted by molar-refractivity contribution is -0.162. The number of thioether (sulfide) groups is 1. The van der Waals surface area contributed by atoms with Crippen molar-refractivity contribution in [3.63, 3.8) is 0 Å². The van der Waals surface area contributed by atoms with Crippen molar-refractivity contribution in [3.05, 3.63) is 0 Å². The molecule has 0 aromatic carbocycles. The van der Waals surface area contributed by atoms with Crippen LogP contribution in [0.1, 0.15) is 46.5 Å². The van der Waals surface area contributed by atoms with Crippen molar-refractivity contribution in [2.75, 3.05) is 18.6 Å². The van der Waals surface area contributed by atoms with E-state index in [9.17, 15) is 9.59 Å². The zero-order chi connectivity index (χ0) is 15.0. The van der Waals surface area contributed by atoms with E-state index in [2.05, 4.69) is 11.6 Å². The van der Waals surface area contributed by atoms with Crippen molar-refractivity contribution in [2.45, 2.75) is 57.5 Å². The summed E-state index contributed by atoms with van der Waals surface area (Å²) in [5.74, 6) is 1.47. The highest BCUT2D eigenvalue weighted by Gasteiger charge is 2.58. The zero-order valence-corrected chi connectivity index (χ0v) is 13.8. The van der Waals surface area contributed by atoms with Gasteiger partial charge in [0.15, 0.2) is 0 Å². The molecule has 2 amide bonds. The van der Waals surface area contributed by atoms with E-state index in [0.717, 1.165) is 25.0 Å². The van der Waals surface area contributed by atoms with Gasteiger partial charge in [-0.2, -0.15) is 11.8 Å². The molecule has 0 spiro atoms. The Hall–Kier alpha value is -0.710. The van der Waals surface area contributed by atoms with Crippen molar-refractivity contribution in [2.24, 2.45) is 5.92 Å². The molecule has 0 bridgehead atoms. The minimum Gasteiger partial charge on any atom is -0.340 e. The number of amides is 2. The van der Waals surface area contributed by atoms with E-state index in [-0.39, 0.29) is 11.8 Å². The Morgan fingerprint density at radius 1 is 1.35 bits per heavy atom. The summed E-state index contributed by atoms with van der Waals surface area (Å²) in [5, 5.41) is 3.03. The number of nitrogens with one attached hydrogen (secondary N) is 1. The summed E-state index contributed by atoms with van der Waals surface area (Å²) >= 11 is 1.78. The summed E-state index contributed by atoms with van der Waals surface area (Å²) in [7, 11) is 0. The second-order valence-electron chi connectivity index (χ2n) is 6.36. The zero-order valence-electron chi connectivity index (χ0n) is 13.0. The summed E-state index contributed by atoms with van der Waals surface area (Å²) in [6, 6.07) is 0. The molecule has 1 N–H and O–H groups in total. The van der Waals surface area contributed by atoms with Crippen LogP contribution >= 0.6 is 11.8 Å². The van der Waals surface area contributed by atoms with E-state index >= 15 is 0 Å². The molecule has 2 unspecified atom stereocenters. The highest BCUT2D eigenvalue weighted by Crippen LogP contribution is 2.44. The third-order valence-corrected chi connectivity index (χ3v) is 5.66. The molecule has 2 aliphatic rings. The Labute approximate surface area is 126 Å². The second kappa shape index (κ2) is 5.58. The quantitative estimate of drug-likeness (QED) is 0.763. The van der Waals surface area contributed by atoms with E-state index in [4.69, 9.17) is 0 Å². The molecule has 0 radical (unpaired) electrons. The average molecular weight is 298 g/mol. The lowest BCUT2D eigenvalue weighted by atomic mass is 9.83. The first kappa shape index (κ1) is 15.7. The minimum absolute atomic E-state index is 0.0122. The fourth-order valence-electron chi connectivity index (χ4n) is 3.06. The van der Waals surface area contributed by atoms with Crippen LogP contribution in [0.2, 0.25) is 0 Å². The molecule has 2 atom stereocenters. The van der Waals surface area contributed by atoms with Gasteiger partial charge in [0.05, 0.1) is 0 Å². The first-order chi connectivity index (χ1) is 9.40. The average Bonchev–Trinajstić information content (AvgIpc) is 3.25. The molecule has 20 heavy (non-hydrogen) atoms. The van der Waals surface area contributed by atoms with Gasteiger partial charge in [0.2, 0.25) is 11.8 Å². The van der Waals surface area contributed by atoms with Crippen LogP contribution in [0.3, 0.4) is 0 Å². The van der Waals surface area contributed by atoms with Crippen LogP contribution in [0, 0.1) is 5.92 Å². The van der Waals surface area contributed by atoms with Crippen molar-refractivity contribution >= 4 is 23.6 Å². The molecule has 0 aromatic heterocycles. The highest BCUT2D eigenvalue weighted by atomic mass is 32.2. The third kappa shape index (κ3) is 2.45. The van der Waals surface area contributed by atoms with E-state index in [1.165, 1.54) is 0 Å². The van der Waals surface area contributed by atoms with Crippen molar-refractivity contribution < 1.29 is 9.59 Å². The van der Waals surface area contributed by atoms with Gasteiger partial charge in [0.25, 0.3) is 0 Å². The van der Waals surface area contributed by atoms with E-state index in [0.29, 0.717) is 18.9 Å². The molecule has 2 fully saturated rings. The fourth-order valence-corrected chi connectivity index (χ4v) is 3.47. The van der Waals surface area contributed by atoms with Gasteiger partial charge in [-0.1, -0.05) is 6.92 Å². The van der Waals surface area contributed by atoms with Gasteiger partial charge in [-0.15, -0.1) is 0 Å². The van der Waals surface area contributed by atoms with Gasteiger partial charge in [-0.3, -0.25) is 9.59 Å². The first-order valence-electron chi connectivity index (χ1n) is 7.53. The van der Waals surface area contributed by atoms with Crippen LogP contribution in [-0.4, -0.2) is 46.3 Å². The van der Waals surface area contributed by atoms with Crippen molar-refractivity contribution in [1.82, 2.24) is 10.2 Å². The maximum atomic E-state index is 12.9. The largest absolute Gasteiger partial charge is 0.340 e. The van der Waals surface area contributed by atoms with Gasteiger partial charge >= 0.3 is 0 Å². The maximum Gasteiger partial charge on any atom is 0.249 e. The van der Waals surface area contributed by atoms with Crippen LogP contribution in [0.15, 0.2) is 0 Å². The third-order valence-electron chi connectivity index (χ3n) is 4.96. The predicted molar refractivity (Wildman–Crippen MR) is 82.7 cm³/mol. The minimum atomic E-state index is -0.691. The smallest absolute Gasteiger partial charge is 0.249 e. The standard InChI is InChI=1S/C15H26N2O2S/c1-5-14(2)12(18)16-15(3,11-7-8-11)13(19)17(14)9-6-10-20-4/h11H,5-10H2,1-4H3,(H,16,18). The topological polar surface area (TPSA) is 49.4 Å². The summed E-state index contributed by atoms with van der Waals surface area (Å²) in [4.78, 5) is 27.4. The van der Waals surface area contributed by atoms with Crippen LogP contribution in [0.4, 0.5) is 0 Å². The monoisotopic (exact) mass is 298 g/mol. The number of hydrogen-bond donors (Lipinski definition) is 1. The molecule has 1 aliphatic carbocycles. The number of rotatable bonds is 6. The second-order valence-corrected chi connectivity index (χ2v) is 7.35. The number of piperazine rings is 1. The molecular weight excluding hydrogens is 272 g/mol. The molecule has 2 rings (SSSR count). The molecule has 5 heteroatoms. The van der Waals surface area contributed by atoms with Gasteiger partial charge in [0.1, 0.15) is 11.1 Å². The van der Waals surface area contributed by atoms with Crippen molar-refractivity contribution in [1.29, 1.82) is 0 Å². The Kier molecular flexibility index (Phi) is 4.38. The van der Waals surface area contributed by atoms with Gasteiger partial charge in [-0.05, 0) is 57.5 Å².